The highest BCUT2D eigenvalue weighted by molar-refractivity contribution is 6.98. The number of aromatic nitrogens is 1. The molecule has 0 amide bonds. The van der Waals surface area contributed by atoms with Crippen molar-refractivity contribution in [3.05, 3.63) is 84.6 Å². The van der Waals surface area contributed by atoms with Crippen LogP contribution in [0.25, 0.3) is 11.3 Å². The van der Waals surface area contributed by atoms with Crippen LogP contribution in [-0.4, -0.2) is 11.7 Å². The molecule has 1 aromatic heterocycles. The molecule has 0 saturated carbocycles. The van der Waals surface area contributed by atoms with Crippen molar-refractivity contribution in [2.75, 3.05) is 0 Å². The molecule has 6 rings (SSSR count). The second kappa shape index (κ2) is 5.73. The van der Waals surface area contributed by atoms with Crippen molar-refractivity contribution in [1.29, 1.82) is 0 Å². The number of fused-ring (bicyclic) bond motifs is 4. The summed E-state index contributed by atoms with van der Waals surface area (Å²) < 4.78 is 12.7. The lowest BCUT2D eigenvalue weighted by atomic mass is 9.34. The molecule has 3 aromatic carbocycles. The summed E-state index contributed by atoms with van der Waals surface area (Å²) in [5.41, 5.74) is 6.44. The highest BCUT2D eigenvalue weighted by atomic mass is 16.5. The van der Waals surface area contributed by atoms with E-state index in [4.69, 9.17) is 9.47 Å². The maximum Gasteiger partial charge on any atom is 0.260 e. The number of nitrogens with zero attached hydrogens (tertiary/aromatic N) is 1. The maximum absolute atomic E-state index is 6.44. The Labute approximate surface area is 163 Å². The van der Waals surface area contributed by atoms with Crippen molar-refractivity contribution >= 4 is 23.1 Å². The van der Waals surface area contributed by atoms with Gasteiger partial charge in [-0.05, 0) is 53.7 Å². The van der Waals surface area contributed by atoms with E-state index in [0.29, 0.717) is 0 Å². The van der Waals surface area contributed by atoms with Gasteiger partial charge in [-0.15, -0.1) is 0 Å². The molecule has 0 fully saturated rings. The highest BCUT2D eigenvalue weighted by Crippen LogP contribution is 2.39. The van der Waals surface area contributed by atoms with E-state index in [9.17, 15) is 0 Å². The minimum atomic E-state index is 0.0882. The monoisotopic (exact) mass is 361 g/mol. The number of pyridine rings is 1. The molecule has 0 spiro atoms. The van der Waals surface area contributed by atoms with Gasteiger partial charge in [-0.2, -0.15) is 0 Å². The van der Waals surface area contributed by atoms with E-state index in [0.717, 1.165) is 45.3 Å². The summed E-state index contributed by atoms with van der Waals surface area (Å²) in [5.74, 6) is 3.49. The van der Waals surface area contributed by atoms with Crippen molar-refractivity contribution in [2.24, 2.45) is 0 Å². The molecule has 0 saturated heterocycles. The summed E-state index contributed by atoms with van der Waals surface area (Å²) in [5, 5.41) is 0. The van der Waals surface area contributed by atoms with Crippen molar-refractivity contribution < 1.29 is 9.47 Å². The number of rotatable bonds is 1. The summed E-state index contributed by atoms with van der Waals surface area (Å²) in [7, 11) is 0. The lowest BCUT2D eigenvalue weighted by Gasteiger charge is -2.33. The summed E-state index contributed by atoms with van der Waals surface area (Å²) in [6.45, 7) is 2.13. The van der Waals surface area contributed by atoms with Crippen LogP contribution in [0.15, 0.2) is 79.0 Å². The molecular formula is C24H16BNO2. The zero-order valence-electron chi connectivity index (χ0n) is 15.3. The van der Waals surface area contributed by atoms with Crippen LogP contribution < -0.4 is 25.9 Å². The molecule has 3 nitrogen and oxygen atoms in total. The van der Waals surface area contributed by atoms with E-state index in [2.05, 4.69) is 35.3 Å². The van der Waals surface area contributed by atoms with E-state index < -0.39 is 0 Å². The normalized spacial score (nSPS) is 13.0. The van der Waals surface area contributed by atoms with Gasteiger partial charge in [0.15, 0.2) is 0 Å². The molecule has 28 heavy (non-hydrogen) atoms. The minimum Gasteiger partial charge on any atom is -0.458 e. The smallest absolute Gasteiger partial charge is 0.260 e. The highest BCUT2D eigenvalue weighted by Gasteiger charge is 2.40. The average molecular weight is 361 g/mol. The lowest BCUT2D eigenvalue weighted by molar-refractivity contribution is 0.465. The Morgan fingerprint density at radius 1 is 0.714 bits per heavy atom. The predicted octanol–water partition coefficient (Wildman–Crippen LogP) is 3.78. The van der Waals surface area contributed by atoms with E-state index >= 15 is 0 Å². The Morgan fingerprint density at radius 3 is 2.14 bits per heavy atom. The van der Waals surface area contributed by atoms with Crippen LogP contribution >= 0.6 is 0 Å². The standard InChI is InChI=1S/C24H16BNO2/c1-15-10-12-19(26-14-15)16-11-13-22-23-24(16)28-21-9-5-3-7-18(21)25(23)17-6-2-4-8-20(17)27-22/h2-14H,1H3. The maximum atomic E-state index is 6.44. The fourth-order valence-corrected chi connectivity index (χ4v) is 4.21. The van der Waals surface area contributed by atoms with Crippen molar-refractivity contribution in [3.8, 4) is 34.3 Å². The fraction of sp³-hybridized carbons (Fsp3) is 0.0417. The van der Waals surface area contributed by atoms with Gasteiger partial charge >= 0.3 is 0 Å². The Balaban J connectivity index is 1.65. The largest absolute Gasteiger partial charge is 0.458 e. The minimum absolute atomic E-state index is 0.0882. The van der Waals surface area contributed by atoms with Crippen LogP contribution in [0.4, 0.5) is 0 Å². The van der Waals surface area contributed by atoms with Gasteiger partial charge in [0.25, 0.3) is 6.71 Å². The van der Waals surface area contributed by atoms with Crippen LogP contribution in [0.2, 0.25) is 0 Å². The first-order valence-corrected chi connectivity index (χ1v) is 9.43. The fourth-order valence-electron chi connectivity index (χ4n) is 4.21. The van der Waals surface area contributed by atoms with Gasteiger partial charge in [-0.25, -0.2) is 0 Å². The third-order valence-electron chi connectivity index (χ3n) is 5.52. The second-order valence-corrected chi connectivity index (χ2v) is 7.29. The van der Waals surface area contributed by atoms with Gasteiger partial charge in [-0.1, -0.05) is 42.5 Å². The first kappa shape index (κ1) is 15.5. The Bertz CT molecular complexity index is 1220. The lowest BCUT2D eigenvalue weighted by Crippen LogP contribution is -2.57. The summed E-state index contributed by atoms with van der Waals surface area (Å²) in [6, 6.07) is 24.7. The molecule has 0 N–H and O–H groups in total. The SMILES string of the molecule is Cc1ccc(-c2ccc3c4c2Oc2ccccc2B4c2ccccc2O3)nc1. The molecular weight excluding hydrogens is 345 g/mol. The van der Waals surface area contributed by atoms with E-state index in [-0.39, 0.29) is 6.71 Å². The quantitative estimate of drug-likeness (QED) is 0.418. The molecule has 4 aromatic rings. The molecule has 0 radical (unpaired) electrons. The first-order chi connectivity index (χ1) is 13.8. The molecule has 132 valence electrons. The Morgan fingerprint density at radius 2 is 1.43 bits per heavy atom. The molecule has 3 heterocycles. The van der Waals surface area contributed by atoms with Crippen molar-refractivity contribution in [1.82, 2.24) is 4.98 Å². The number of ether oxygens (including phenoxy) is 2. The van der Waals surface area contributed by atoms with Gasteiger partial charge < -0.3 is 9.47 Å². The molecule has 4 heteroatoms. The molecule has 0 unspecified atom stereocenters. The van der Waals surface area contributed by atoms with Crippen LogP contribution in [0.1, 0.15) is 5.56 Å². The Kier molecular flexibility index (Phi) is 3.18. The van der Waals surface area contributed by atoms with Gasteiger partial charge in [0, 0.05) is 17.2 Å². The van der Waals surface area contributed by atoms with E-state index in [1.165, 1.54) is 10.9 Å². The summed E-state index contributed by atoms with van der Waals surface area (Å²) >= 11 is 0. The Hall–Kier alpha value is -3.53. The number of para-hydroxylation sites is 2. The number of benzene rings is 3. The second-order valence-electron chi connectivity index (χ2n) is 7.29. The summed E-state index contributed by atoms with van der Waals surface area (Å²) in [4.78, 5) is 4.63. The van der Waals surface area contributed by atoms with Gasteiger partial charge in [-0.3, -0.25) is 4.98 Å². The zero-order valence-corrected chi connectivity index (χ0v) is 15.3. The van der Waals surface area contributed by atoms with Gasteiger partial charge in [0.2, 0.25) is 0 Å². The van der Waals surface area contributed by atoms with Gasteiger partial charge in [0.1, 0.15) is 23.0 Å². The van der Waals surface area contributed by atoms with Crippen molar-refractivity contribution in [2.45, 2.75) is 6.92 Å². The molecule has 2 aliphatic rings. The predicted molar refractivity (Wildman–Crippen MR) is 112 cm³/mol. The zero-order chi connectivity index (χ0) is 18.7. The number of hydrogen-bond acceptors (Lipinski definition) is 3. The van der Waals surface area contributed by atoms with Crippen LogP contribution in [0, 0.1) is 6.92 Å². The summed E-state index contributed by atoms with van der Waals surface area (Å²) in [6.07, 6.45) is 1.89. The molecule has 0 atom stereocenters. The topological polar surface area (TPSA) is 31.4 Å². The third-order valence-corrected chi connectivity index (χ3v) is 5.52. The van der Waals surface area contributed by atoms with E-state index in [1.807, 2.05) is 55.6 Å². The number of aryl methyl sites for hydroxylation is 1. The van der Waals surface area contributed by atoms with Gasteiger partial charge in [0.05, 0.1) is 5.69 Å². The first-order valence-electron chi connectivity index (χ1n) is 9.43. The number of hydrogen-bond donors (Lipinski definition) is 0. The molecule has 2 aliphatic heterocycles. The average Bonchev–Trinajstić information content (AvgIpc) is 2.74. The molecule has 0 aliphatic carbocycles. The van der Waals surface area contributed by atoms with E-state index in [1.54, 1.807) is 0 Å². The van der Waals surface area contributed by atoms with Crippen LogP contribution in [0.3, 0.4) is 0 Å². The van der Waals surface area contributed by atoms with Crippen molar-refractivity contribution in [3.63, 3.8) is 0 Å². The third kappa shape index (κ3) is 2.15. The van der Waals surface area contributed by atoms with Crippen LogP contribution in [-0.2, 0) is 0 Å². The molecule has 0 bridgehead atoms. The van der Waals surface area contributed by atoms with Crippen LogP contribution in [0.5, 0.6) is 23.0 Å².